The molecule has 0 aromatic carbocycles. The van der Waals surface area contributed by atoms with Crippen molar-refractivity contribution in [2.45, 2.75) is 70.8 Å². The zero-order valence-corrected chi connectivity index (χ0v) is 13.1. The van der Waals surface area contributed by atoms with Gasteiger partial charge in [-0.05, 0) is 39.2 Å². The molecular formula is C16H34N2O. The van der Waals surface area contributed by atoms with Crippen molar-refractivity contribution in [3.05, 3.63) is 0 Å². The quantitative estimate of drug-likeness (QED) is 0.516. The number of nitrogens with zero attached hydrogens (tertiary/aromatic N) is 1. The van der Waals surface area contributed by atoms with E-state index < -0.39 is 0 Å². The van der Waals surface area contributed by atoms with Gasteiger partial charge in [-0.1, -0.05) is 32.6 Å². The first kappa shape index (κ1) is 16.9. The zero-order chi connectivity index (χ0) is 14.0. The molecule has 19 heavy (non-hydrogen) atoms. The van der Waals surface area contributed by atoms with Crippen LogP contribution >= 0.6 is 0 Å². The monoisotopic (exact) mass is 270 g/mol. The summed E-state index contributed by atoms with van der Waals surface area (Å²) in [5.74, 6) is 0. The Balaban J connectivity index is 2.57. The Morgan fingerprint density at radius 1 is 1.05 bits per heavy atom. The maximum absolute atomic E-state index is 6.20. The molecular weight excluding hydrogens is 236 g/mol. The van der Waals surface area contributed by atoms with Crippen LogP contribution in [0.25, 0.3) is 0 Å². The van der Waals surface area contributed by atoms with E-state index in [1.165, 1.54) is 51.5 Å². The third-order valence-electron chi connectivity index (χ3n) is 4.50. The molecule has 1 aliphatic rings. The summed E-state index contributed by atoms with van der Waals surface area (Å²) in [5.41, 5.74) is 6.47. The van der Waals surface area contributed by atoms with Crippen LogP contribution in [0.15, 0.2) is 0 Å². The predicted octanol–water partition coefficient (Wildman–Crippen LogP) is 3.18. The van der Waals surface area contributed by atoms with Gasteiger partial charge < -0.3 is 10.5 Å². The van der Waals surface area contributed by atoms with Gasteiger partial charge in [0.1, 0.15) is 0 Å². The van der Waals surface area contributed by atoms with Crippen molar-refractivity contribution in [1.82, 2.24) is 4.90 Å². The van der Waals surface area contributed by atoms with Gasteiger partial charge in [0.05, 0.1) is 0 Å². The van der Waals surface area contributed by atoms with E-state index in [9.17, 15) is 0 Å². The zero-order valence-electron chi connectivity index (χ0n) is 13.1. The molecule has 0 spiro atoms. The maximum atomic E-state index is 6.20. The van der Waals surface area contributed by atoms with E-state index in [-0.39, 0.29) is 5.54 Å². The minimum atomic E-state index is 0.277. The third kappa shape index (κ3) is 5.41. The average molecular weight is 270 g/mol. The lowest BCUT2D eigenvalue weighted by Gasteiger charge is -2.43. The molecule has 0 amide bonds. The number of ether oxygens (including phenoxy) is 1. The Labute approximate surface area is 119 Å². The van der Waals surface area contributed by atoms with Gasteiger partial charge in [-0.3, -0.25) is 4.90 Å². The fourth-order valence-electron chi connectivity index (χ4n) is 3.39. The van der Waals surface area contributed by atoms with Gasteiger partial charge in [0.15, 0.2) is 0 Å². The van der Waals surface area contributed by atoms with Crippen LogP contribution < -0.4 is 5.73 Å². The maximum Gasteiger partial charge on any atom is 0.0478 e. The largest absolute Gasteiger partial charge is 0.382 e. The third-order valence-corrected chi connectivity index (χ3v) is 4.50. The molecule has 0 aromatic rings. The fraction of sp³-hybridized carbons (Fsp3) is 1.00. The van der Waals surface area contributed by atoms with Crippen LogP contribution in [0.5, 0.6) is 0 Å². The Morgan fingerprint density at radius 3 is 2.26 bits per heavy atom. The van der Waals surface area contributed by atoms with Crippen LogP contribution in [0, 0.1) is 0 Å². The van der Waals surface area contributed by atoms with E-state index in [4.69, 9.17) is 10.5 Å². The molecule has 3 heteroatoms. The molecule has 0 saturated heterocycles. The first-order valence-corrected chi connectivity index (χ1v) is 8.32. The summed E-state index contributed by atoms with van der Waals surface area (Å²) >= 11 is 0. The van der Waals surface area contributed by atoms with E-state index in [1.54, 1.807) is 0 Å². The second-order valence-electron chi connectivity index (χ2n) is 5.88. The summed E-state index contributed by atoms with van der Waals surface area (Å²) in [6.07, 6.45) is 10.4. The second kappa shape index (κ2) is 9.73. The lowest BCUT2D eigenvalue weighted by atomic mass is 9.87. The number of hydrogen-bond donors (Lipinski definition) is 1. The highest BCUT2D eigenvalue weighted by molar-refractivity contribution is 4.93. The predicted molar refractivity (Wildman–Crippen MR) is 82.5 cm³/mol. The van der Waals surface area contributed by atoms with Gasteiger partial charge in [-0.25, -0.2) is 0 Å². The molecule has 1 aliphatic carbocycles. The van der Waals surface area contributed by atoms with Gasteiger partial charge in [0, 0.05) is 31.8 Å². The molecule has 114 valence electrons. The summed E-state index contributed by atoms with van der Waals surface area (Å²) in [5, 5.41) is 0. The van der Waals surface area contributed by atoms with Crippen molar-refractivity contribution in [2.75, 3.05) is 32.8 Å². The molecule has 1 saturated carbocycles. The van der Waals surface area contributed by atoms with E-state index in [2.05, 4.69) is 18.7 Å². The number of nitrogens with two attached hydrogens (primary N) is 1. The van der Waals surface area contributed by atoms with Gasteiger partial charge >= 0.3 is 0 Å². The van der Waals surface area contributed by atoms with Crippen LogP contribution in [-0.2, 0) is 4.74 Å². The van der Waals surface area contributed by atoms with Crippen LogP contribution in [-0.4, -0.2) is 43.3 Å². The molecule has 3 nitrogen and oxygen atoms in total. The van der Waals surface area contributed by atoms with Crippen LogP contribution in [0.2, 0.25) is 0 Å². The van der Waals surface area contributed by atoms with Crippen molar-refractivity contribution in [3.8, 4) is 0 Å². The van der Waals surface area contributed by atoms with E-state index in [1.807, 2.05) is 0 Å². The van der Waals surface area contributed by atoms with Gasteiger partial charge in [0.25, 0.3) is 0 Å². The van der Waals surface area contributed by atoms with Crippen molar-refractivity contribution >= 4 is 0 Å². The molecule has 2 N–H and O–H groups in total. The first-order valence-electron chi connectivity index (χ1n) is 8.32. The molecule has 0 aromatic heterocycles. The highest BCUT2D eigenvalue weighted by Gasteiger charge is 2.34. The summed E-state index contributed by atoms with van der Waals surface area (Å²) in [6, 6.07) is 0. The van der Waals surface area contributed by atoms with Crippen molar-refractivity contribution in [3.63, 3.8) is 0 Å². The molecule has 0 aliphatic heterocycles. The summed E-state index contributed by atoms with van der Waals surface area (Å²) in [7, 11) is 0. The molecule has 1 rings (SSSR count). The SMILES string of the molecule is CCCN(CCCOCC)C1(CN)CCCCCC1. The molecule has 1 fully saturated rings. The fourth-order valence-corrected chi connectivity index (χ4v) is 3.39. The first-order chi connectivity index (χ1) is 9.29. The van der Waals surface area contributed by atoms with Crippen molar-refractivity contribution in [1.29, 1.82) is 0 Å². The highest BCUT2D eigenvalue weighted by Crippen LogP contribution is 2.32. The summed E-state index contributed by atoms with van der Waals surface area (Å²) < 4.78 is 5.48. The lowest BCUT2D eigenvalue weighted by Crippen LogP contribution is -2.54. The highest BCUT2D eigenvalue weighted by atomic mass is 16.5. The molecule has 0 radical (unpaired) electrons. The Kier molecular flexibility index (Phi) is 8.67. The minimum absolute atomic E-state index is 0.277. The standard InChI is InChI=1S/C16H34N2O/c1-3-12-18(13-9-14-19-4-2)16(15-17)10-7-5-6-8-11-16/h3-15,17H2,1-2H3. The summed E-state index contributed by atoms with van der Waals surface area (Å²) in [6.45, 7) is 9.20. The van der Waals surface area contributed by atoms with Crippen LogP contribution in [0.4, 0.5) is 0 Å². The van der Waals surface area contributed by atoms with Crippen LogP contribution in [0.3, 0.4) is 0 Å². The van der Waals surface area contributed by atoms with Crippen molar-refractivity contribution in [2.24, 2.45) is 5.73 Å². The Hall–Kier alpha value is -0.120. The molecule has 0 unspecified atom stereocenters. The molecule has 0 atom stereocenters. The number of rotatable bonds is 9. The smallest absolute Gasteiger partial charge is 0.0478 e. The topological polar surface area (TPSA) is 38.5 Å². The van der Waals surface area contributed by atoms with Gasteiger partial charge in [-0.15, -0.1) is 0 Å². The van der Waals surface area contributed by atoms with Crippen molar-refractivity contribution < 1.29 is 4.74 Å². The Morgan fingerprint density at radius 2 is 1.74 bits per heavy atom. The van der Waals surface area contributed by atoms with E-state index in [0.29, 0.717) is 0 Å². The van der Waals surface area contributed by atoms with Gasteiger partial charge in [-0.2, -0.15) is 0 Å². The van der Waals surface area contributed by atoms with E-state index >= 15 is 0 Å². The van der Waals surface area contributed by atoms with Gasteiger partial charge in [0.2, 0.25) is 0 Å². The lowest BCUT2D eigenvalue weighted by molar-refractivity contribution is 0.0611. The molecule has 0 heterocycles. The second-order valence-corrected chi connectivity index (χ2v) is 5.88. The normalized spacial score (nSPS) is 19.6. The Bertz CT molecular complexity index is 213. The van der Waals surface area contributed by atoms with E-state index in [0.717, 1.165) is 32.7 Å². The minimum Gasteiger partial charge on any atom is -0.382 e. The number of hydrogen-bond acceptors (Lipinski definition) is 3. The van der Waals surface area contributed by atoms with Crippen LogP contribution in [0.1, 0.15) is 65.2 Å². The summed E-state index contributed by atoms with van der Waals surface area (Å²) in [4.78, 5) is 2.68. The molecule has 0 bridgehead atoms. The average Bonchev–Trinajstić information content (AvgIpc) is 2.68.